The molecule has 0 aliphatic heterocycles. The largest absolute Gasteiger partial charge is 0.287 e. The molecule has 1 aromatic heterocycles. The number of carbonyl (C=O) groups excluding carboxylic acids is 1. The van der Waals surface area contributed by atoms with Gasteiger partial charge in [-0.2, -0.15) is 4.57 Å². The molecule has 20 heavy (non-hydrogen) atoms. The number of rotatable bonds is 4. The maximum Gasteiger partial charge on any atom is 0.280 e. The molecule has 0 radical (unpaired) electrons. The Morgan fingerprint density at radius 3 is 2.40 bits per heavy atom. The topological polar surface area (TPSA) is 64.1 Å². The predicted octanol–water partition coefficient (Wildman–Crippen LogP) is 2.38. The van der Waals surface area contributed by atoms with E-state index in [9.17, 15) is 14.9 Å². The molecule has 0 saturated heterocycles. The monoisotopic (exact) mass is 271 g/mol. The second-order valence-electron chi connectivity index (χ2n) is 4.76. The van der Waals surface area contributed by atoms with E-state index in [1.54, 1.807) is 16.7 Å². The summed E-state index contributed by atoms with van der Waals surface area (Å²) in [5, 5.41) is 10.9. The predicted molar refractivity (Wildman–Crippen MR) is 73.5 cm³/mol. The third-order valence-corrected chi connectivity index (χ3v) is 2.92. The van der Waals surface area contributed by atoms with Crippen LogP contribution < -0.4 is 4.57 Å². The molecule has 0 unspecified atom stereocenters. The molecule has 102 valence electrons. The number of pyridine rings is 1. The summed E-state index contributed by atoms with van der Waals surface area (Å²) >= 11 is 0. The highest BCUT2D eigenvalue weighted by Crippen LogP contribution is 2.18. The number of carbonyl (C=O) groups is 1. The molecule has 0 spiro atoms. The minimum Gasteiger partial charge on any atom is -0.287 e. The molecule has 2 rings (SSSR count). The van der Waals surface area contributed by atoms with Crippen LogP contribution in [0.25, 0.3) is 0 Å². The smallest absolute Gasteiger partial charge is 0.280 e. The van der Waals surface area contributed by atoms with Gasteiger partial charge in [0.1, 0.15) is 5.56 Å². The van der Waals surface area contributed by atoms with Crippen molar-refractivity contribution in [3.05, 3.63) is 69.5 Å². The van der Waals surface area contributed by atoms with E-state index in [1.165, 1.54) is 12.1 Å². The Labute approximate surface area is 116 Å². The molecule has 5 heteroatoms. The average molecular weight is 271 g/mol. The van der Waals surface area contributed by atoms with Gasteiger partial charge in [0.2, 0.25) is 12.3 Å². The molecular formula is C15H15N2O3+. The SMILES string of the molecule is Cc1cc(C)c[n+](CC(=O)c2ccccc2[N+](=O)[O-])c1. The fourth-order valence-corrected chi connectivity index (χ4v) is 2.20. The number of ketones is 1. The first-order valence-electron chi connectivity index (χ1n) is 6.21. The molecule has 2 aromatic rings. The van der Waals surface area contributed by atoms with Crippen LogP contribution >= 0.6 is 0 Å². The van der Waals surface area contributed by atoms with E-state index in [0.29, 0.717) is 0 Å². The Kier molecular flexibility index (Phi) is 3.89. The van der Waals surface area contributed by atoms with Crippen molar-refractivity contribution < 1.29 is 14.3 Å². The summed E-state index contributed by atoms with van der Waals surface area (Å²) in [5.74, 6) is -0.271. The van der Waals surface area contributed by atoms with Gasteiger partial charge in [0, 0.05) is 17.2 Å². The van der Waals surface area contributed by atoms with Gasteiger partial charge in [-0.3, -0.25) is 14.9 Å². The quantitative estimate of drug-likeness (QED) is 0.371. The van der Waals surface area contributed by atoms with Gasteiger partial charge in [0.05, 0.1) is 4.92 Å². The van der Waals surface area contributed by atoms with Gasteiger partial charge < -0.3 is 0 Å². The summed E-state index contributed by atoms with van der Waals surface area (Å²) < 4.78 is 1.75. The van der Waals surface area contributed by atoms with Crippen LogP contribution in [0.5, 0.6) is 0 Å². The average Bonchev–Trinajstić information content (AvgIpc) is 2.37. The third-order valence-electron chi connectivity index (χ3n) is 2.92. The Hall–Kier alpha value is -2.56. The number of nitrogens with zero attached hydrogens (tertiary/aromatic N) is 2. The normalized spacial score (nSPS) is 10.3. The maximum atomic E-state index is 12.2. The zero-order chi connectivity index (χ0) is 14.7. The molecule has 1 aromatic carbocycles. The Morgan fingerprint density at radius 2 is 1.80 bits per heavy atom. The second kappa shape index (κ2) is 5.61. The van der Waals surface area contributed by atoms with Crippen LogP contribution in [0.15, 0.2) is 42.7 Å². The van der Waals surface area contributed by atoms with Crippen LogP contribution in [0.4, 0.5) is 5.69 Å². The summed E-state index contributed by atoms with van der Waals surface area (Å²) in [6, 6.07) is 8.03. The number of para-hydroxylation sites is 1. The summed E-state index contributed by atoms with van der Waals surface area (Å²) in [7, 11) is 0. The molecular weight excluding hydrogens is 256 g/mol. The minimum absolute atomic E-state index is 0.0906. The molecule has 0 aliphatic rings. The van der Waals surface area contributed by atoms with E-state index in [1.807, 2.05) is 32.3 Å². The Morgan fingerprint density at radius 1 is 1.20 bits per heavy atom. The van der Waals surface area contributed by atoms with E-state index in [2.05, 4.69) is 0 Å². The number of Topliss-reactive ketones (excluding diaryl/α,β-unsaturated/α-hetero) is 1. The zero-order valence-corrected chi connectivity index (χ0v) is 11.4. The maximum absolute atomic E-state index is 12.2. The number of nitro benzene ring substituents is 1. The Bertz CT molecular complexity index is 660. The van der Waals surface area contributed by atoms with Crippen LogP contribution in [-0.4, -0.2) is 10.7 Å². The molecule has 0 fully saturated rings. The molecule has 0 amide bonds. The number of benzene rings is 1. The van der Waals surface area contributed by atoms with E-state index in [0.717, 1.165) is 11.1 Å². The summed E-state index contributed by atoms with van der Waals surface area (Å²) in [4.78, 5) is 22.6. The lowest BCUT2D eigenvalue weighted by molar-refractivity contribution is -0.683. The fraction of sp³-hybridized carbons (Fsp3) is 0.200. The van der Waals surface area contributed by atoms with Gasteiger partial charge in [-0.15, -0.1) is 0 Å². The first kappa shape index (κ1) is 13.9. The van der Waals surface area contributed by atoms with Crippen molar-refractivity contribution in [3.8, 4) is 0 Å². The lowest BCUT2D eigenvalue weighted by Gasteiger charge is -2.01. The summed E-state index contributed by atoms with van der Waals surface area (Å²) in [6.45, 7) is 3.98. The van der Waals surface area contributed by atoms with Crippen molar-refractivity contribution in [1.29, 1.82) is 0 Å². The molecule has 1 heterocycles. The Balaban J connectivity index is 2.31. The van der Waals surface area contributed by atoms with Gasteiger partial charge >= 0.3 is 0 Å². The highest BCUT2D eigenvalue weighted by atomic mass is 16.6. The molecule has 0 atom stereocenters. The molecule has 0 N–H and O–H groups in total. The van der Waals surface area contributed by atoms with Gasteiger partial charge in [0.25, 0.3) is 5.69 Å². The van der Waals surface area contributed by atoms with Crippen LogP contribution in [0.3, 0.4) is 0 Å². The summed E-state index contributed by atoms with van der Waals surface area (Å²) in [6.07, 6.45) is 3.69. The van der Waals surface area contributed by atoms with E-state index in [-0.39, 0.29) is 23.6 Å². The van der Waals surface area contributed by atoms with Crippen molar-refractivity contribution in [3.63, 3.8) is 0 Å². The molecule has 5 nitrogen and oxygen atoms in total. The standard InChI is InChI=1S/C15H15N2O3/c1-11-7-12(2)9-16(8-11)10-15(18)13-5-3-4-6-14(13)17(19)20/h3-9H,10H2,1-2H3/q+1. The number of aromatic nitrogens is 1. The molecule has 0 bridgehead atoms. The lowest BCUT2D eigenvalue weighted by atomic mass is 10.1. The zero-order valence-electron chi connectivity index (χ0n) is 11.4. The van der Waals surface area contributed by atoms with Gasteiger partial charge in [-0.25, -0.2) is 0 Å². The number of aryl methyl sites for hydroxylation is 2. The lowest BCUT2D eigenvalue weighted by Crippen LogP contribution is -2.38. The van der Waals surface area contributed by atoms with Crippen molar-refractivity contribution in [2.75, 3.05) is 0 Å². The number of hydrogen-bond acceptors (Lipinski definition) is 3. The fourth-order valence-electron chi connectivity index (χ4n) is 2.20. The van der Waals surface area contributed by atoms with Crippen molar-refractivity contribution in [2.45, 2.75) is 20.4 Å². The number of hydrogen-bond donors (Lipinski definition) is 0. The second-order valence-corrected chi connectivity index (χ2v) is 4.76. The first-order chi connectivity index (χ1) is 9.47. The van der Waals surface area contributed by atoms with E-state index < -0.39 is 4.92 Å². The molecule has 0 saturated carbocycles. The van der Waals surface area contributed by atoms with Crippen molar-refractivity contribution in [2.24, 2.45) is 0 Å². The third kappa shape index (κ3) is 3.06. The number of nitro groups is 1. The molecule has 0 aliphatic carbocycles. The van der Waals surface area contributed by atoms with Gasteiger partial charge in [-0.1, -0.05) is 12.1 Å². The van der Waals surface area contributed by atoms with Crippen molar-refractivity contribution >= 4 is 11.5 Å². The van der Waals surface area contributed by atoms with Crippen LogP contribution in [0, 0.1) is 24.0 Å². The van der Waals surface area contributed by atoms with Crippen LogP contribution in [0.2, 0.25) is 0 Å². The highest BCUT2D eigenvalue weighted by molar-refractivity contribution is 5.98. The highest BCUT2D eigenvalue weighted by Gasteiger charge is 2.22. The van der Waals surface area contributed by atoms with Crippen LogP contribution in [-0.2, 0) is 6.54 Å². The van der Waals surface area contributed by atoms with Crippen LogP contribution in [0.1, 0.15) is 21.5 Å². The van der Waals surface area contributed by atoms with E-state index in [4.69, 9.17) is 0 Å². The van der Waals surface area contributed by atoms with E-state index >= 15 is 0 Å². The summed E-state index contributed by atoms with van der Waals surface area (Å²) in [5.41, 5.74) is 2.08. The minimum atomic E-state index is -0.528. The van der Waals surface area contributed by atoms with Crippen molar-refractivity contribution in [1.82, 2.24) is 0 Å². The first-order valence-corrected chi connectivity index (χ1v) is 6.21. The van der Waals surface area contributed by atoms with Gasteiger partial charge in [0.15, 0.2) is 12.4 Å². The van der Waals surface area contributed by atoms with Gasteiger partial charge in [-0.05, 0) is 26.0 Å².